The van der Waals surface area contributed by atoms with E-state index in [1.165, 1.54) is 12.8 Å². The summed E-state index contributed by atoms with van der Waals surface area (Å²) in [5, 5.41) is 2.29. The summed E-state index contributed by atoms with van der Waals surface area (Å²) >= 11 is 1.85. The van der Waals surface area contributed by atoms with Gasteiger partial charge in [-0.1, -0.05) is 26.2 Å². The molecule has 0 saturated heterocycles. The second-order valence-electron chi connectivity index (χ2n) is 2.54. The van der Waals surface area contributed by atoms with Crippen molar-refractivity contribution in [1.82, 2.24) is 5.32 Å². The molecule has 1 N–H and O–H groups in total. The lowest BCUT2D eigenvalue weighted by atomic mass is 10.2. The lowest BCUT2D eigenvalue weighted by Crippen LogP contribution is -2.19. The first-order valence-electron chi connectivity index (χ1n) is 4.34. The Bertz CT molecular complexity index is 196. The van der Waals surface area contributed by atoms with Gasteiger partial charge in [0, 0.05) is 28.6 Å². The summed E-state index contributed by atoms with van der Waals surface area (Å²) in [6.45, 7) is 2.62. The van der Waals surface area contributed by atoms with Gasteiger partial charge in [-0.15, -0.1) is 0 Å². The van der Waals surface area contributed by atoms with Gasteiger partial charge in [0.05, 0.1) is 6.61 Å². The minimum Gasteiger partial charge on any atom is -0.449 e. The Labute approximate surface area is 92.7 Å². The molecule has 0 aliphatic heterocycles. The first kappa shape index (κ1) is 12.6. The first-order valence-corrected chi connectivity index (χ1v) is 5.42. The highest BCUT2D eigenvalue weighted by Gasteiger charge is 1.97. The highest BCUT2D eigenvalue weighted by molar-refractivity contribution is 14.1. The highest BCUT2D eigenvalue weighted by Crippen LogP contribution is 1.98. The van der Waals surface area contributed by atoms with Crippen LogP contribution in [0.15, 0.2) is 0 Å². The summed E-state index contributed by atoms with van der Waals surface area (Å²) in [7, 11) is 0. The zero-order chi connectivity index (χ0) is 9.94. The van der Waals surface area contributed by atoms with E-state index in [1.54, 1.807) is 0 Å². The molecule has 0 atom stereocenters. The minimum absolute atomic E-state index is 0.458. The average Bonchev–Trinajstić information content (AvgIpc) is 2.14. The fourth-order valence-corrected chi connectivity index (χ4v) is 0.939. The maximum Gasteiger partial charge on any atom is 0.418 e. The molecular weight excluding hydrogens is 281 g/mol. The smallest absolute Gasteiger partial charge is 0.418 e. The van der Waals surface area contributed by atoms with Gasteiger partial charge in [-0.2, -0.15) is 0 Å². The van der Waals surface area contributed by atoms with Crippen molar-refractivity contribution >= 4 is 28.7 Å². The van der Waals surface area contributed by atoms with Gasteiger partial charge in [-0.3, -0.25) is 0 Å². The van der Waals surface area contributed by atoms with Crippen molar-refractivity contribution in [3.05, 3.63) is 0 Å². The van der Waals surface area contributed by atoms with Crippen molar-refractivity contribution in [3.63, 3.8) is 0 Å². The van der Waals surface area contributed by atoms with Crippen molar-refractivity contribution in [2.75, 3.05) is 6.61 Å². The van der Waals surface area contributed by atoms with E-state index < -0.39 is 6.09 Å². The molecule has 0 aliphatic rings. The van der Waals surface area contributed by atoms with Crippen LogP contribution in [-0.2, 0) is 4.74 Å². The number of carbonyl (C=O) groups excluding carboxylic acids is 1. The SMILES string of the molecule is CCCCCCOC(=O)NC#CI. The summed E-state index contributed by atoms with van der Waals surface area (Å²) in [4.78, 5) is 10.8. The van der Waals surface area contributed by atoms with Crippen molar-refractivity contribution in [2.45, 2.75) is 32.6 Å². The molecule has 0 aromatic rings. The summed E-state index contributed by atoms with van der Waals surface area (Å²) in [5.41, 5.74) is 0. The molecular formula is C9H14INO2. The number of nitrogens with one attached hydrogen (secondary N) is 1. The number of alkyl carbamates (subject to hydrolysis) is 1. The summed E-state index contributed by atoms with van der Waals surface area (Å²) < 4.78 is 7.35. The molecule has 1 amide bonds. The van der Waals surface area contributed by atoms with Crippen LogP contribution in [-0.4, -0.2) is 12.7 Å². The molecule has 0 spiro atoms. The number of rotatable bonds is 5. The fraction of sp³-hybridized carbons (Fsp3) is 0.667. The lowest BCUT2D eigenvalue weighted by Gasteiger charge is -2.01. The van der Waals surface area contributed by atoms with E-state index in [1.807, 2.05) is 22.6 Å². The molecule has 0 aromatic carbocycles. The average molecular weight is 295 g/mol. The zero-order valence-electron chi connectivity index (χ0n) is 7.73. The topological polar surface area (TPSA) is 38.3 Å². The predicted molar refractivity (Wildman–Crippen MR) is 60.4 cm³/mol. The summed E-state index contributed by atoms with van der Waals surface area (Å²) in [5.74, 6) is 0. The number of hydrogen-bond acceptors (Lipinski definition) is 2. The molecule has 0 rings (SSSR count). The quantitative estimate of drug-likeness (QED) is 0.366. The Kier molecular flexibility index (Phi) is 9.32. The van der Waals surface area contributed by atoms with Gasteiger partial charge in [-0.25, -0.2) is 10.1 Å². The molecule has 0 bridgehead atoms. The Morgan fingerprint density at radius 1 is 1.46 bits per heavy atom. The fourth-order valence-electron chi connectivity index (χ4n) is 0.804. The van der Waals surface area contributed by atoms with Crippen LogP contribution < -0.4 is 5.32 Å². The molecule has 0 fully saturated rings. The monoisotopic (exact) mass is 295 g/mol. The number of ether oxygens (including phenoxy) is 1. The Hall–Kier alpha value is -0.440. The largest absolute Gasteiger partial charge is 0.449 e. The predicted octanol–water partition coefficient (Wildman–Crippen LogP) is 2.65. The van der Waals surface area contributed by atoms with Crippen LogP contribution in [0.4, 0.5) is 4.79 Å². The third-order valence-electron chi connectivity index (χ3n) is 1.44. The normalized spacial score (nSPS) is 8.46. The van der Waals surface area contributed by atoms with Gasteiger partial charge in [0.1, 0.15) is 0 Å². The summed E-state index contributed by atoms with van der Waals surface area (Å²) in [6.07, 6.45) is 3.96. The third-order valence-corrected chi connectivity index (χ3v) is 1.71. The van der Waals surface area contributed by atoms with E-state index >= 15 is 0 Å². The number of carbonyl (C=O) groups is 1. The van der Waals surface area contributed by atoms with Crippen molar-refractivity contribution in [3.8, 4) is 9.97 Å². The third kappa shape index (κ3) is 9.47. The molecule has 3 nitrogen and oxygen atoms in total. The second kappa shape index (κ2) is 9.65. The van der Waals surface area contributed by atoms with Gasteiger partial charge in [0.15, 0.2) is 0 Å². The van der Waals surface area contributed by atoms with Crippen LogP contribution >= 0.6 is 22.6 Å². The number of amides is 1. The number of unbranched alkanes of at least 4 members (excludes halogenated alkanes) is 3. The van der Waals surface area contributed by atoms with E-state index in [0.29, 0.717) is 6.61 Å². The van der Waals surface area contributed by atoms with E-state index in [2.05, 4.69) is 22.2 Å². The lowest BCUT2D eigenvalue weighted by molar-refractivity contribution is 0.148. The van der Waals surface area contributed by atoms with Crippen molar-refractivity contribution in [2.24, 2.45) is 0 Å². The highest BCUT2D eigenvalue weighted by atomic mass is 127. The molecule has 13 heavy (non-hydrogen) atoms. The molecule has 74 valence electrons. The van der Waals surface area contributed by atoms with Crippen molar-refractivity contribution < 1.29 is 9.53 Å². The Morgan fingerprint density at radius 2 is 2.23 bits per heavy atom. The van der Waals surface area contributed by atoms with E-state index in [-0.39, 0.29) is 0 Å². The van der Waals surface area contributed by atoms with Crippen LogP contribution in [0.2, 0.25) is 0 Å². The van der Waals surface area contributed by atoms with Gasteiger partial charge >= 0.3 is 6.09 Å². The maximum absolute atomic E-state index is 10.8. The maximum atomic E-state index is 10.8. The van der Waals surface area contributed by atoms with E-state index in [9.17, 15) is 4.79 Å². The van der Waals surface area contributed by atoms with Crippen LogP contribution in [0.3, 0.4) is 0 Å². The minimum atomic E-state index is -0.458. The Balaban J connectivity index is 3.20. The van der Waals surface area contributed by atoms with Crippen LogP contribution in [0, 0.1) is 9.97 Å². The molecule has 0 aromatic heterocycles. The second-order valence-corrected chi connectivity index (χ2v) is 3.08. The van der Waals surface area contributed by atoms with Crippen LogP contribution in [0.25, 0.3) is 0 Å². The molecule has 0 unspecified atom stereocenters. The molecule has 0 aliphatic carbocycles. The molecule has 4 heteroatoms. The molecule has 0 saturated carbocycles. The van der Waals surface area contributed by atoms with Crippen molar-refractivity contribution in [1.29, 1.82) is 0 Å². The van der Waals surface area contributed by atoms with Crippen LogP contribution in [0.5, 0.6) is 0 Å². The number of halogens is 1. The molecule has 0 radical (unpaired) electrons. The van der Waals surface area contributed by atoms with Gasteiger partial charge in [-0.05, 0) is 10.3 Å². The molecule has 0 heterocycles. The standard InChI is InChI=1S/C9H14INO2/c1-2-3-4-5-8-13-9(12)11-7-6-10/h2-5,8H2,1H3,(H,11,12). The van der Waals surface area contributed by atoms with Gasteiger partial charge in [0.25, 0.3) is 0 Å². The number of hydrogen-bond donors (Lipinski definition) is 1. The van der Waals surface area contributed by atoms with E-state index in [0.717, 1.165) is 12.8 Å². The Morgan fingerprint density at radius 3 is 2.85 bits per heavy atom. The van der Waals surface area contributed by atoms with Gasteiger partial charge in [0.2, 0.25) is 0 Å². The van der Waals surface area contributed by atoms with Crippen LogP contribution in [0.1, 0.15) is 32.6 Å². The first-order chi connectivity index (χ1) is 6.31. The van der Waals surface area contributed by atoms with Gasteiger partial charge < -0.3 is 4.74 Å². The zero-order valence-corrected chi connectivity index (χ0v) is 9.89. The van der Waals surface area contributed by atoms with E-state index in [4.69, 9.17) is 4.74 Å². The summed E-state index contributed by atoms with van der Waals surface area (Å²) in [6, 6.07) is 2.41.